The third kappa shape index (κ3) is 5.29. The van der Waals surface area contributed by atoms with Crippen molar-refractivity contribution in [2.75, 3.05) is 31.6 Å². The zero-order valence-electron chi connectivity index (χ0n) is 16.7. The van der Waals surface area contributed by atoms with E-state index in [2.05, 4.69) is 34.4 Å². The van der Waals surface area contributed by atoms with Crippen LogP contribution in [0.5, 0.6) is 5.75 Å². The minimum absolute atomic E-state index is 0.309. The summed E-state index contributed by atoms with van der Waals surface area (Å²) in [6.07, 6.45) is 3.99. The van der Waals surface area contributed by atoms with E-state index in [9.17, 15) is 0 Å². The normalized spacial score (nSPS) is 17.1. The molecule has 1 aromatic carbocycles. The number of nitrogens with one attached hydrogen (secondary N) is 2. The van der Waals surface area contributed by atoms with Crippen molar-refractivity contribution in [1.82, 2.24) is 15.6 Å². The molecule has 8 heteroatoms. The molecular formula is C20H28ClN5OS. The molecule has 0 bridgehead atoms. The highest BCUT2D eigenvalue weighted by molar-refractivity contribution is 7.11. The molecule has 0 aliphatic carbocycles. The number of halogens is 1. The number of rotatable bonds is 7. The second kappa shape index (κ2) is 9.98. The number of hydrogen-bond donors (Lipinski definition) is 2. The third-order valence-corrected chi connectivity index (χ3v) is 6.04. The van der Waals surface area contributed by atoms with Crippen molar-refractivity contribution < 1.29 is 4.74 Å². The van der Waals surface area contributed by atoms with Crippen molar-refractivity contribution in [2.45, 2.75) is 39.3 Å². The summed E-state index contributed by atoms with van der Waals surface area (Å²) in [7, 11) is 1.69. The van der Waals surface area contributed by atoms with Gasteiger partial charge in [0.05, 0.1) is 19.3 Å². The fourth-order valence-corrected chi connectivity index (χ4v) is 4.21. The number of methoxy groups -OCH3 is 1. The molecule has 1 unspecified atom stereocenters. The standard InChI is InChI=1S/C20H28ClN5OS/c1-4-16-11-23-19(28-16)12-24-20(22-5-2)25-15-8-9-26(13-15)17-10-14(21)6-7-18(17)27-3/h6-7,10-11,15H,4-5,8-9,12-13H2,1-3H3,(H2,22,24,25). The summed E-state index contributed by atoms with van der Waals surface area (Å²) < 4.78 is 5.50. The predicted molar refractivity (Wildman–Crippen MR) is 118 cm³/mol. The summed E-state index contributed by atoms with van der Waals surface area (Å²) >= 11 is 7.92. The van der Waals surface area contributed by atoms with Crippen LogP contribution >= 0.6 is 22.9 Å². The molecule has 2 heterocycles. The van der Waals surface area contributed by atoms with Gasteiger partial charge in [0, 0.05) is 41.8 Å². The highest BCUT2D eigenvalue weighted by atomic mass is 35.5. The van der Waals surface area contributed by atoms with Gasteiger partial charge in [0.2, 0.25) is 0 Å². The number of ether oxygens (including phenoxy) is 1. The molecule has 1 fully saturated rings. The second-order valence-corrected chi connectivity index (χ2v) is 8.30. The topological polar surface area (TPSA) is 61.8 Å². The van der Waals surface area contributed by atoms with Crippen molar-refractivity contribution >= 4 is 34.6 Å². The van der Waals surface area contributed by atoms with Gasteiger partial charge in [0.15, 0.2) is 5.96 Å². The quantitative estimate of drug-likeness (QED) is 0.527. The number of aryl methyl sites for hydroxylation is 1. The van der Waals surface area contributed by atoms with Crippen LogP contribution in [0.2, 0.25) is 5.02 Å². The van der Waals surface area contributed by atoms with Gasteiger partial charge in [-0.25, -0.2) is 9.98 Å². The third-order valence-electron chi connectivity index (χ3n) is 4.68. The molecule has 3 rings (SSSR count). The predicted octanol–water partition coefficient (Wildman–Crippen LogP) is 3.70. The first kappa shape index (κ1) is 20.7. The number of nitrogens with zero attached hydrogens (tertiary/aromatic N) is 3. The highest BCUT2D eigenvalue weighted by Crippen LogP contribution is 2.33. The van der Waals surface area contributed by atoms with E-state index in [4.69, 9.17) is 21.3 Å². The molecule has 28 heavy (non-hydrogen) atoms. The Bertz CT molecular complexity index is 810. The van der Waals surface area contributed by atoms with E-state index in [0.717, 1.165) is 59.9 Å². The number of aliphatic imine (C=N–C) groups is 1. The summed E-state index contributed by atoms with van der Waals surface area (Å²) in [5.41, 5.74) is 1.04. The Morgan fingerprint density at radius 1 is 1.43 bits per heavy atom. The Hall–Kier alpha value is -1.99. The Balaban J connectivity index is 1.63. The minimum atomic E-state index is 0.309. The monoisotopic (exact) mass is 421 g/mol. The average molecular weight is 422 g/mol. The maximum Gasteiger partial charge on any atom is 0.191 e. The van der Waals surface area contributed by atoms with Gasteiger partial charge < -0.3 is 20.3 Å². The molecule has 1 saturated heterocycles. The SMILES string of the molecule is CCNC(=NCc1ncc(CC)s1)NC1CCN(c2cc(Cl)ccc2OC)C1. The lowest BCUT2D eigenvalue weighted by atomic mass is 10.2. The maximum atomic E-state index is 6.19. The zero-order chi connectivity index (χ0) is 19.9. The van der Waals surface area contributed by atoms with Gasteiger partial charge in [-0.05, 0) is 38.0 Å². The van der Waals surface area contributed by atoms with Gasteiger partial charge in [0.25, 0.3) is 0 Å². The average Bonchev–Trinajstić information content (AvgIpc) is 3.35. The van der Waals surface area contributed by atoms with Crippen LogP contribution in [0.3, 0.4) is 0 Å². The number of guanidine groups is 1. The van der Waals surface area contributed by atoms with E-state index in [-0.39, 0.29) is 0 Å². The number of benzene rings is 1. The Kier molecular flexibility index (Phi) is 7.39. The summed E-state index contributed by atoms with van der Waals surface area (Å²) in [5, 5.41) is 8.66. The molecule has 1 aliphatic heterocycles. The summed E-state index contributed by atoms with van der Waals surface area (Å²) in [5.74, 6) is 1.68. The smallest absolute Gasteiger partial charge is 0.191 e. The molecule has 0 amide bonds. The summed E-state index contributed by atoms with van der Waals surface area (Å²) in [6, 6.07) is 6.05. The molecule has 1 aromatic heterocycles. The van der Waals surface area contributed by atoms with Gasteiger partial charge in [-0.3, -0.25) is 0 Å². The number of aromatic nitrogens is 1. The van der Waals surface area contributed by atoms with Crippen molar-refractivity contribution in [1.29, 1.82) is 0 Å². The van der Waals surface area contributed by atoms with Crippen LogP contribution in [0.1, 0.15) is 30.2 Å². The van der Waals surface area contributed by atoms with Crippen LogP contribution in [0.4, 0.5) is 5.69 Å². The first-order valence-corrected chi connectivity index (χ1v) is 10.9. The number of hydrogen-bond acceptors (Lipinski definition) is 5. The molecule has 2 N–H and O–H groups in total. The lowest BCUT2D eigenvalue weighted by molar-refractivity contribution is 0.415. The molecule has 0 spiro atoms. The first-order chi connectivity index (χ1) is 13.6. The molecule has 2 aromatic rings. The van der Waals surface area contributed by atoms with E-state index in [1.807, 2.05) is 24.4 Å². The molecule has 6 nitrogen and oxygen atoms in total. The fourth-order valence-electron chi connectivity index (χ4n) is 3.25. The number of thiazole rings is 1. The van der Waals surface area contributed by atoms with Crippen molar-refractivity contribution in [3.63, 3.8) is 0 Å². The van der Waals surface area contributed by atoms with Crippen LogP contribution in [0, 0.1) is 0 Å². The molecule has 1 aliphatic rings. The Labute approximate surface area is 176 Å². The fraction of sp³-hybridized carbons (Fsp3) is 0.500. The van der Waals surface area contributed by atoms with Crippen LogP contribution < -0.4 is 20.3 Å². The van der Waals surface area contributed by atoms with Gasteiger partial charge in [0.1, 0.15) is 10.8 Å². The summed E-state index contributed by atoms with van der Waals surface area (Å²) in [6.45, 7) is 7.46. The van der Waals surface area contributed by atoms with E-state index >= 15 is 0 Å². The lowest BCUT2D eigenvalue weighted by Crippen LogP contribution is -2.44. The molecule has 0 radical (unpaired) electrons. The van der Waals surface area contributed by atoms with Crippen molar-refractivity contribution in [2.24, 2.45) is 4.99 Å². The van der Waals surface area contributed by atoms with E-state index < -0.39 is 0 Å². The highest BCUT2D eigenvalue weighted by Gasteiger charge is 2.25. The van der Waals surface area contributed by atoms with Crippen LogP contribution in [-0.2, 0) is 13.0 Å². The van der Waals surface area contributed by atoms with Gasteiger partial charge in [-0.2, -0.15) is 0 Å². The Morgan fingerprint density at radius 2 is 2.29 bits per heavy atom. The lowest BCUT2D eigenvalue weighted by Gasteiger charge is -2.22. The maximum absolute atomic E-state index is 6.19. The van der Waals surface area contributed by atoms with E-state index in [1.165, 1.54) is 4.88 Å². The molecule has 0 saturated carbocycles. The van der Waals surface area contributed by atoms with Crippen LogP contribution in [0.15, 0.2) is 29.4 Å². The first-order valence-electron chi connectivity index (χ1n) is 9.69. The van der Waals surface area contributed by atoms with Gasteiger partial charge >= 0.3 is 0 Å². The minimum Gasteiger partial charge on any atom is -0.495 e. The van der Waals surface area contributed by atoms with Gasteiger partial charge in [-0.15, -0.1) is 11.3 Å². The van der Waals surface area contributed by atoms with Gasteiger partial charge in [-0.1, -0.05) is 18.5 Å². The zero-order valence-corrected chi connectivity index (χ0v) is 18.2. The largest absolute Gasteiger partial charge is 0.495 e. The molecule has 152 valence electrons. The molecule has 1 atom stereocenters. The van der Waals surface area contributed by atoms with E-state index in [0.29, 0.717) is 12.6 Å². The van der Waals surface area contributed by atoms with Crippen LogP contribution in [-0.4, -0.2) is 43.7 Å². The van der Waals surface area contributed by atoms with Crippen molar-refractivity contribution in [3.8, 4) is 5.75 Å². The molecular weight excluding hydrogens is 394 g/mol. The van der Waals surface area contributed by atoms with Crippen molar-refractivity contribution in [3.05, 3.63) is 39.3 Å². The van der Waals surface area contributed by atoms with Crippen LogP contribution in [0.25, 0.3) is 0 Å². The number of anilines is 1. The second-order valence-electron chi connectivity index (χ2n) is 6.66. The Morgan fingerprint density at radius 3 is 3.00 bits per heavy atom. The van der Waals surface area contributed by atoms with E-state index in [1.54, 1.807) is 18.4 Å². The summed E-state index contributed by atoms with van der Waals surface area (Å²) in [4.78, 5) is 12.8.